The molecule has 1 aliphatic rings. The van der Waals surface area contributed by atoms with Crippen LogP contribution in [-0.2, 0) is 22.4 Å². The molecule has 0 aliphatic heterocycles. The Labute approximate surface area is 156 Å². The van der Waals surface area contributed by atoms with Gasteiger partial charge in [0.25, 0.3) is 5.69 Å². The number of benzene rings is 2. The second-order valence-electron chi connectivity index (χ2n) is 6.47. The third-order valence-electron chi connectivity index (χ3n) is 4.54. The van der Waals surface area contributed by atoms with Crippen molar-refractivity contribution >= 4 is 23.5 Å². The van der Waals surface area contributed by atoms with E-state index in [9.17, 15) is 19.7 Å². The molecule has 0 aromatic heterocycles. The molecule has 138 valence electrons. The molecular formula is C21H19NO5. The summed E-state index contributed by atoms with van der Waals surface area (Å²) in [6.45, 7) is 1.54. The highest BCUT2D eigenvalue weighted by atomic mass is 16.6. The predicted octanol–water partition coefficient (Wildman–Crippen LogP) is 3.91. The fourth-order valence-corrected chi connectivity index (χ4v) is 3.13. The number of hydrogen-bond acceptors (Lipinski definition) is 5. The Bertz CT molecular complexity index is 932. The maximum absolute atomic E-state index is 12.5. The van der Waals surface area contributed by atoms with Crippen LogP contribution in [0.25, 0.3) is 6.08 Å². The van der Waals surface area contributed by atoms with E-state index in [0.29, 0.717) is 11.1 Å². The standard InChI is InChI=1S/C21H19NO5/c1-14(21(24)18-10-9-16-5-3-6-17(16)13-18)27-20(23)11-8-15-4-2-7-19(12-15)22(25)26/h2,4,7-14H,3,5-6H2,1H3/b11-8+/t14-/m0/s1. The summed E-state index contributed by atoms with van der Waals surface area (Å²) in [5.74, 6) is -0.926. The molecular weight excluding hydrogens is 346 g/mol. The number of carbonyl (C=O) groups is 2. The third kappa shape index (κ3) is 4.47. The van der Waals surface area contributed by atoms with Crippen LogP contribution in [0.15, 0.2) is 48.5 Å². The Morgan fingerprint density at radius 3 is 2.70 bits per heavy atom. The van der Waals surface area contributed by atoms with E-state index in [1.165, 1.54) is 42.3 Å². The van der Waals surface area contributed by atoms with Crippen molar-refractivity contribution in [2.24, 2.45) is 0 Å². The van der Waals surface area contributed by atoms with Gasteiger partial charge in [-0.15, -0.1) is 0 Å². The third-order valence-corrected chi connectivity index (χ3v) is 4.54. The molecule has 0 fully saturated rings. The highest BCUT2D eigenvalue weighted by Gasteiger charge is 2.20. The minimum Gasteiger partial charge on any atom is -0.451 e. The number of ketones is 1. The minimum absolute atomic E-state index is 0.0642. The fraction of sp³-hybridized carbons (Fsp3) is 0.238. The van der Waals surface area contributed by atoms with Gasteiger partial charge in [-0.25, -0.2) is 4.79 Å². The lowest BCUT2D eigenvalue weighted by Crippen LogP contribution is -2.23. The molecule has 1 aliphatic carbocycles. The zero-order valence-electron chi connectivity index (χ0n) is 14.9. The maximum atomic E-state index is 12.5. The normalized spacial score (nSPS) is 14.0. The van der Waals surface area contributed by atoms with Crippen LogP contribution in [0.5, 0.6) is 0 Å². The number of rotatable bonds is 6. The number of non-ortho nitro benzene ring substituents is 1. The van der Waals surface area contributed by atoms with Crippen LogP contribution in [-0.4, -0.2) is 22.8 Å². The predicted molar refractivity (Wildman–Crippen MR) is 100 cm³/mol. The van der Waals surface area contributed by atoms with E-state index in [4.69, 9.17) is 4.74 Å². The van der Waals surface area contributed by atoms with E-state index in [1.54, 1.807) is 12.1 Å². The second-order valence-corrected chi connectivity index (χ2v) is 6.47. The smallest absolute Gasteiger partial charge is 0.331 e. The van der Waals surface area contributed by atoms with Crippen LogP contribution in [0.1, 0.15) is 40.4 Å². The average Bonchev–Trinajstić information content (AvgIpc) is 3.13. The average molecular weight is 365 g/mol. The number of Topliss-reactive ketones (excluding diaryl/α,β-unsaturated/α-hetero) is 1. The molecule has 2 aromatic rings. The molecule has 0 radical (unpaired) electrons. The van der Waals surface area contributed by atoms with Gasteiger partial charge >= 0.3 is 5.97 Å². The SMILES string of the molecule is C[C@H](OC(=O)/C=C/c1cccc([N+](=O)[O-])c1)C(=O)c1ccc2c(c1)CCC2. The Kier molecular flexibility index (Phi) is 5.45. The molecule has 0 saturated carbocycles. The van der Waals surface area contributed by atoms with Gasteiger partial charge in [-0.3, -0.25) is 14.9 Å². The van der Waals surface area contributed by atoms with Gasteiger partial charge in [0.05, 0.1) is 4.92 Å². The van der Waals surface area contributed by atoms with Gasteiger partial charge in [-0.2, -0.15) is 0 Å². The maximum Gasteiger partial charge on any atom is 0.331 e. The number of nitro groups is 1. The molecule has 0 N–H and O–H groups in total. The van der Waals surface area contributed by atoms with Crippen LogP contribution >= 0.6 is 0 Å². The van der Waals surface area contributed by atoms with E-state index >= 15 is 0 Å². The summed E-state index contributed by atoms with van der Waals surface area (Å²) >= 11 is 0. The molecule has 0 saturated heterocycles. The van der Waals surface area contributed by atoms with Gasteiger partial charge in [0.2, 0.25) is 5.78 Å². The Morgan fingerprint density at radius 2 is 1.93 bits per heavy atom. The van der Waals surface area contributed by atoms with E-state index < -0.39 is 17.0 Å². The minimum atomic E-state index is -0.910. The number of nitro benzene ring substituents is 1. The zero-order valence-corrected chi connectivity index (χ0v) is 14.9. The van der Waals surface area contributed by atoms with Gasteiger partial charge in [0.15, 0.2) is 6.10 Å². The lowest BCUT2D eigenvalue weighted by atomic mass is 10.0. The molecule has 0 bridgehead atoms. The molecule has 0 spiro atoms. The van der Waals surface area contributed by atoms with Crippen molar-refractivity contribution in [1.82, 2.24) is 0 Å². The van der Waals surface area contributed by atoms with Crippen molar-refractivity contribution in [1.29, 1.82) is 0 Å². The van der Waals surface area contributed by atoms with E-state index in [2.05, 4.69) is 0 Å². The topological polar surface area (TPSA) is 86.5 Å². The first-order valence-electron chi connectivity index (χ1n) is 8.73. The fourth-order valence-electron chi connectivity index (χ4n) is 3.13. The molecule has 2 aromatic carbocycles. The van der Waals surface area contributed by atoms with Crippen molar-refractivity contribution in [3.8, 4) is 0 Å². The molecule has 6 heteroatoms. The van der Waals surface area contributed by atoms with Crippen LogP contribution in [0.2, 0.25) is 0 Å². The van der Waals surface area contributed by atoms with Gasteiger partial charge < -0.3 is 4.74 Å². The van der Waals surface area contributed by atoms with Crippen molar-refractivity contribution in [3.05, 3.63) is 80.9 Å². The quantitative estimate of drug-likeness (QED) is 0.255. The lowest BCUT2D eigenvalue weighted by Gasteiger charge is -2.12. The summed E-state index contributed by atoms with van der Waals surface area (Å²) < 4.78 is 5.18. The number of esters is 1. The van der Waals surface area contributed by atoms with Crippen LogP contribution in [0, 0.1) is 10.1 Å². The molecule has 3 rings (SSSR count). The first-order valence-corrected chi connectivity index (χ1v) is 8.73. The van der Waals surface area contributed by atoms with Crippen molar-refractivity contribution < 1.29 is 19.2 Å². The summed E-state index contributed by atoms with van der Waals surface area (Å²) in [6, 6.07) is 11.5. The summed E-state index contributed by atoms with van der Waals surface area (Å²) in [4.78, 5) is 34.7. The van der Waals surface area contributed by atoms with Gasteiger partial charge in [-0.1, -0.05) is 24.3 Å². The zero-order chi connectivity index (χ0) is 19.4. The number of aryl methyl sites for hydroxylation is 2. The summed E-state index contributed by atoms with van der Waals surface area (Å²) in [7, 11) is 0. The summed E-state index contributed by atoms with van der Waals surface area (Å²) in [5.41, 5.74) is 3.43. The Balaban J connectivity index is 1.62. The van der Waals surface area contributed by atoms with Crippen molar-refractivity contribution in [3.63, 3.8) is 0 Å². The molecule has 0 amide bonds. The van der Waals surface area contributed by atoms with Gasteiger partial charge in [0.1, 0.15) is 0 Å². The molecule has 0 heterocycles. The molecule has 27 heavy (non-hydrogen) atoms. The number of fused-ring (bicyclic) bond motifs is 1. The van der Waals surface area contributed by atoms with E-state index in [0.717, 1.165) is 25.3 Å². The van der Waals surface area contributed by atoms with Crippen molar-refractivity contribution in [2.45, 2.75) is 32.3 Å². The van der Waals surface area contributed by atoms with Crippen LogP contribution in [0.3, 0.4) is 0 Å². The summed E-state index contributed by atoms with van der Waals surface area (Å²) in [5, 5.41) is 10.8. The van der Waals surface area contributed by atoms with Crippen molar-refractivity contribution in [2.75, 3.05) is 0 Å². The van der Waals surface area contributed by atoms with E-state index in [1.807, 2.05) is 12.1 Å². The van der Waals surface area contributed by atoms with Crippen LogP contribution < -0.4 is 0 Å². The largest absolute Gasteiger partial charge is 0.451 e. The molecule has 6 nitrogen and oxygen atoms in total. The Morgan fingerprint density at radius 1 is 1.15 bits per heavy atom. The number of carbonyl (C=O) groups excluding carboxylic acids is 2. The second kappa shape index (κ2) is 7.95. The highest BCUT2D eigenvalue weighted by molar-refractivity contribution is 6.01. The monoisotopic (exact) mass is 365 g/mol. The number of hydrogen-bond donors (Lipinski definition) is 0. The first-order chi connectivity index (χ1) is 12.9. The van der Waals surface area contributed by atoms with Crippen LogP contribution in [0.4, 0.5) is 5.69 Å². The highest BCUT2D eigenvalue weighted by Crippen LogP contribution is 2.23. The number of ether oxygens (including phenoxy) is 1. The van der Waals surface area contributed by atoms with Gasteiger partial charge in [-0.05, 0) is 55.0 Å². The molecule has 0 unspecified atom stereocenters. The van der Waals surface area contributed by atoms with E-state index in [-0.39, 0.29) is 11.5 Å². The first kappa shape index (κ1) is 18.5. The molecule has 1 atom stereocenters. The Hall–Kier alpha value is -3.28. The summed E-state index contributed by atoms with van der Waals surface area (Å²) in [6.07, 6.45) is 4.77. The van der Waals surface area contributed by atoms with Gasteiger partial charge in [0, 0.05) is 23.8 Å². The number of nitrogens with zero attached hydrogens (tertiary/aromatic N) is 1. The lowest BCUT2D eigenvalue weighted by molar-refractivity contribution is -0.384.